The van der Waals surface area contributed by atoms with Crippen LogP contribution in [0.5, 0.6) is 0 Å². The number of hydrogen-bond acceptors (Lipinski definition) is 4. The van der Waals surface area contributed by atoms with Crippen molar-refractivity contribution in [2.24, 2.45) is 0 Å². The van der Waals surface area contributed by atoms with Gasteiger partial charge in [-0.25, -0.2) is 13.1 Å². The molecule has 1 aliphatic heterocycles. The number of sulfonamides is 1. The average Bonchev–Trinajstić information content (AvgIpc) is 3.05. The molecule has 108 valence electrons. The predicted molar refractivity (Wildman–Crippen MR) is 72.3 cm³/mol. The highest BCUT2D eigenvalue weighted by molar-refractivity contribution is 7.89. The summed E-state index contributed by atoms with van der Waals surface area (Å²) in [5.74, 6) is 0. The van der Waals surface area contributed by atoms with Gasteiger partial charge in [-0.15, -0.1) is 0 Å². The van der Waals surface area contributed by atoms with E-state index < -0.39 is 10.0 Å². The first-order chi connectivity index (χ1) is 9.12. The number of rotatable bonds is 7. The molecule has 1 saturated heterocycles. The Hall–Kier alpha value is -0.890. The summed E-state index contributed by atoms with van der Waals surface area (Å²) in [6, 6.07) is 1.65. The van der Waals surface area contributed by atoms with Crippen molar-refractivity contribution < 1.29 is 13.2 Å². The van der Waals surface area contributed by atoms with Gasteiger partial charge in [0, 0.05) is 31.6 Å². The van der Waals surface area contributed by atoms with Crippen LogP contribution >= 0.6 is 0 Å². The van der Waals surface area contributed by atoms with E-state index in [0.29, 0.717) is 13.1 Å². The van der Waals surface area contributed by atoms with E-state index >= 15 is 0 Å². The molecule has 0 aliphatic carbocycles. The number of aromatic nitrogens is 1. The smallest absolute Gasteiger partial charge is 0.242 e. The minimum atomic E-state index is -3.44. The van der Waals surface area contributed by atoms with Crippen molar-refractivity contribution in [1.29, 1.82) is 0 Å². The van der Waals surface area contributed by atoms with Crippen LogP contribution in [0.2, 0.25) is 0 Å². The largest absolute Gasteiger partial charge is 0.377 e. The van der Waals surface area contributed by atoms with Gasteiger partial charge in [0.1, 0.15) is 0 Å². The molecule has 0 aromatic carbocycles. The number of aromatic amines is 1. The molecule has 19 heavy (non-hydrogen) atoms. The van der Waals surface area contributed by atoms with Crippen molar-refractivity contribution in [3.05, 3.63) is 18.0 Å². The van der Waals surface area contributed by atoms with E-state index in [1.165, 1.54) is 6.20 Å². The molecule has 0 amide bonds. The first-order valence-corrected chi connectivity index (χ1v) is 8.09. The Morgan fingerprint density at radius 1 is 1.53 bits per heavy atom. The zero-order valence-electron chi connectivity index (χ0n) is 11.1. The normalized spacial score (nSPS) is 19.9. The van der Waals surface area contributed by atoms with Gasteiger partial charge in [-0.3, -0.25) is 0 Å². The van der Waals surface area contributed by atoms with E-state index in [-0.39, 0.29) is 11.0 Å². The summed E-state index contributed by atoms with van der Waals surface area (Å²) in [7, 11) is -3.44. The Kier molecular flexibility index (Phi) is 4.98. The summed E-state index contributed by atoms with van der Waals surface area (Å²) in [5, 5.41) is 3.14. The van der Waals surface area contributed by atoms with Gasteiger partial charge < -0.3 is 15.0 Å². The van der Waals surface area contributed by atoms with Crippen LogP contribution in [-0.2, 0) is 21.3 Å². The Labute approximate surface area is 114 Å². The van der Waals surface area contributed by atoms with Crippen molar-refractivity contribution in [3.63, 3.8) is 0 Å². The van der Waals surface area contributed by atoms with Gasteiger partial charge in [-0.05, 0) is 25.5 Å². The molecule has 1 aromatic heterocycles. The van der Waals surface area contributed by atoms with Gasteiger partial charge in [-0.2, -0.15) is 0 Å². The summed E-state index contributed by atoms with van der Waals surface area (Å²) >= 11 is 0. The van der Waals surface area contributed by atoms with Gasteiger partial charge in [-0.1, -0.05) is 6.92 Å². The molecule has 1 aromatic rings. The summed E-state index contributed by atoms with van der Waals surface area (Å²) in [5.41, 5.74) is 0.861. The highest BCUT2D eigenvalue weighted by atomic mass is 32.2. The van der Waals surface area contributed by atoms with Crippen molar-refractivity contribution in [2.45, 2.75) is 37.3 Å². The highest BCUT2D eigenvalue weighted by Gasteiger charge is 2.20. The third kappa shape index (κ3) is 4.04. The molecule has 0 radical (unpaired) electrons. The molecular weight excluding hydrogens is 266 g/mol. The second kappa shape index (κ2) is 6.51. The minimum Gasteiger partial charge on any atom is -0.377 e. The Morgan fingerprint density at radius 2 is 2.37 bits per heavy atom. The van der Waals surface area contributed by atoms with Crippen molar-refractivity contribution in [3.8, 4) is 0 Å². The summed E-state index contributed by atoms with van der Waals surface area (Å²) in [6.45, 7) is 4.55. The molecule has 7 heteroatoms. The van der Waals surface area contributed by atoms with E-state index in [0.717, 1.165) is 31.7 Å². The molecule has 0 spiro atoms. The van der Waals surface area contributed by atoms with Crippen molar-refractivity contribution in [2.75, 3.05) is 19.7 Å². The Balaban J connectivity index is 1.92. The quantitative estimate of drug-likeness (QED) is 0.685. The molecule has 6 nitrogen and oxygen atoms in total. The number of hydrogen-bond donors (Lipinski definition) is 3. The van der Waals surface area contributed by atoms with Crippen molar-refractivity contribution in [1.82, 2.24) is 15.0 Å². The fourth-order valence-electron chi connectivity index (χ4n) is 2.03. The van der Waals surface area contributed by atoms with E-state index in [2.05, 4.69) is 15.0 Å². The fourth-order valence-corrected chi connectivity index (χ4v) is 3.11. The maximum absolute atomic E-state index is 12.1. The zero-order valence-corrected chi connectivity index (χ0v) is 11.9. The molecule has 2 rings (SSSR count). The average molecular weight is 287 g/mol. The Morgan fingerprint density at radius 3 is 3.05 bits per heavy atom. The molecule has 1 unspecified atom stereocenters. The maximum atomic E-state index is 12.1. The lowest BCUT2D eigenvalue weighted by Gasteiger charge is -2.10. The highest BCUT2D eigenvalue weighted by Crippen LogP contribution is 2.14. The maximum Gasteiger partial charge on any atom is 0.242 e. The molecule has 0 bridgehead atoms. The van der Waals surface area contributed by atoms with Gasteiger partial charge in [0.15, 0.2) is 0 Å². The lowest BCUT2D eigenvalue weighted by Crippen LogP contribution is -2.31. The molecular formula is C12H21N3O3S. The first-order valence-electron chi connectivity index (χ1n) is 6.61. The van der Waals surface area contributed by atoms with Gasteiger partial charge in [0.25, 0.3) is 0 Å². The summed E-state index contributed by atoms with van der Waals surface area (Å²) < 4.78 is 32.1. The third-order valence-corrected chi connectivity index (χ3v) is 4.52. The number of H-pyrrole nitrogens is 1. The monoisotopic (exact) mass is 287 g/mol. The fraction of sp³-hybridized carbons (Fsp3) is 0.667. The minimum absolute atomic E-state index is 0.00921. The van der Waals surface area contributed by atoms with Gasteiger partial charge in [0.05, 0.1) is 11.0 Å². The molecule has 1 fully saturated rings. The van der Waals surface area contributed by atoms with E-state index in [4.69, 9.17) is 4.74 Å². The van der Waals surface area contributed by atoms with E-state index in [1.54, 1.807) is 6.07 Å². The SMILES string of the molecule is CCNCc1cc(S(=O)(=O)NCC2CCCO2)c[nH]1. The molecule has 1 atom stereocenters. The van der Waals surface area contributed by atoms with Crippen LogP contribution in [0.1, 0.15) is 25.5 Å². The zero-order chi connectivity index (χ0) is 13.7. The molecule has 1 aliphatic rings. The lowest BCUT2D eigenvalue weighted by atomic mass is 10.2. The number of ether oxygens (including phenoxy) is 1. The first kappa shape index (κ1) is 14.5. The molecule has 2 heterocycles. The van der Waals surface area contributed by atoms with Gasteiger partial charge in [0.2, 0.25) is 10.0 Å². The van der Waals surface area contributed by atoms with Crippen molar-refractivity contribution >= 4 is 10.0 Å². The Bertz CT molecular complexity index is 492. The third-order valence-electron chi connectivity index (χ3n) is 3.12. The van der Waals surface area contributed by atoms with Crippen LogP contribution in [0.3, 0.4) is 0 Å². The van der Waals surface area contributed by atoms with Crippen LogP contribution in [-0.4, -0.2) is 39.2 Å². The second-order valence-electron chi connectivity index (χ2n) is 4.63. The van der Waals surface area contributed by atoms with Crippen LogP contribution in [0.25, 0.3) is 0 Å². The predicted octanol–water partition coefficient (Wildman–Crippen LogP) is 0.582. The topological polar surface area (TPSA) is 83.2 Å². The van der Waals surface area contributed by atoms with Crippen LogP contribution in [0.15, 0.2) is 17.2 Å². The van der Waals surface area contributed by atoms with Gasteiger partial charge >= 0.3 is 0 Å². The van der Waals surface area contributed by atoms with E-state index in [9.17, 15) is 8.42 Å². The van der Waals surface area contributed by atoms with Crippen LogP contribution in [0, 0.1) is 0 Å². The standard InChI is InChI=1S/C12H21N3O3S/c1-2-13-7-10-6-12(9-14-10)19(16,17)15-8-11-4-3-5-18-11/h6,9,11,13-15H,2-5,7-8H2,1H3. The molecule has 3 N–H and O–H groups in total. The molecule has 0 saturated carbocycles. The summed E-state index contributed by atoms with van der Waals surface area (Å²) in [6.07, 6.45) is 3.45. The summed E-state index contributed by atoms with van der Waals surface area (Å²) in [4.78, 5) is 3.24. The second-order valence-corrected chi connectivity index (χ2v) is 6.39. The van der Waals surface area contributed by atoms with E-state index in [1.807, 2.05) is 6.92 Å². The number of nitrogens with one attached hydrogen (secondary N) is 3. The lowest BCUT2D eigenvalue weighted by molar-refractivity contribution is 0.114. The van der Waals surface area contributed by atoms with Crippen LogP contribution < -0.4 is 10.0 Å². The van der Waals surface area contributed by atoms with Crippen LogP contribution in [0.4, 0.5) is 0 Å².